The predicted octanol–water partition coefficient (Wildman–Crippen LogP) is 1.99. The van der Waals surface area contributed by atoms with Crippen molar-refractivity contribution < 1.29 is 4.79 Å². The van der Waals surface area contributed by atoms with Gasteiger partial charge in [-0.2, -0.15) is 0 Å². The smallest absolute Gasteiger partial charge is 0.222 e. The Morgan fingerprint density at radius 1 is 1.41 bits per heavy atom. The number of hydrogen-bond donors (Lipinski definition) is 2. The van der Waals surface area contributed by atoms with Crippen molar-refractivity contribution in [2.45, 2.75) is 38.3 Å². The van der Waals surface area contributed by atoms with E-state index >= 15 is 0 Å². The van der Waals surface area contributed by atoms with Crippen LogP contribution in [-0.2, 0) is 4.79 Å². The summed E-state index contributed by atoms with van der Waals surface area (Å²) >= 11 is 0. The summed E-state index contributed by atoms with van der Waals surface area (Å²) in [6.07, 6.45) is 2.81. The third-order valence-electron chi connectivity index (χ3n) is 3.33. The van der Waals surface area contributed by atoms with Crippen LogP contribution in [-0.4, -0.2) is 11.9 Å². The molecule has 0 aromatic heterocycles. The Kier molecular flexibility index (Phi) is 3.79. The van der Waals surface area contributed by atoms with E-state index in [1.807, 2.05) is 37.3 Å². The SMILES string of the molecule is C[C@H](NC(=O)CC(N)C1CC1)c1ccccc1. The Labute approximate surface area is 102 Å². The van der Waals surface area contributed by atoms with Crippen molar-refractivity contribution in [2.75, 3.05) is 0 Å². The molecule has 1 saturated carbocycles. The Hall–Kier alpha value is -1.35. The lowest BCUT2D eigenvalue weighted by Gasteiger charge is -2.16. The quantitative estimate of drug-likeness (QED) is 0.815. The first-order chi connectivity index (χ1) is 8.16. The summed E-state index contributed by atoms with van der Waals surface area (Å²) in [6, 6.07) is 10.1. The van der Waals surface area contributed by atoms with Crippen LogP contribution in [0.4, 0.5) is 0 Å². The average Bonchev–Trinajstić information content (AvgIpc) is 3.13. The molecule has 1 aliphatic carbocycles. The van der Waals surface area contributed by atoms with Crippen molar-refractivity contribution in [1.29, 1.82) is 0 Å². The van der Waals surface area contributed by atoms with Crippen molar-refractivity contribution in [3.05, 3.63) is 35.9 Å². The maximum absolute atomic E-state index is 11.8. The highest BCUT2D eigenvalue weighted by Crippen LogP contribution is 2.32. The Morgan fingerprint density at radius 2 is 2.06 bits per heavy atom. The summed E-state index contributed by atoms with van der Waals surface area (Å²) in [5.41, 5.74) is 7.06. The van der Waals surface area contributed by atoms with E-state index in [0.29, 0.717) is 12.3 Å². The minimum Gasteiger partial charge on any atom is -0.350 e. The molecule has 2 atom stereocenters. The van der Waals surface area contributed by atoms with Crippen LogP contribution >= 0.6 is 0 Å². The molecule has 1 unspecified atom stereocenters. The minimum absolute atomic E-state index is 0.0398. The van der Waals surface area contributed by atoms with Gasteiger partial charge in [-0.15, -0.1) is 0 Å². The monoisotopic (exact) mass is 232 g/mol. The van der Waals surface area contributed by atoms with Gasteiger partial charge in [-0.1, -0.05) is 30.3 Å². The van der Waals surface area contributed by atoms with E-state index in [1.54, 1.807) is 0 Å². The molecule has 1 aliphatic rings. The van der Waals surface area contributed by atoms with E-state index in [1.165, 1.54) is 12.8 Å². The molecular formula is C14H20N2O. The lowest BCUT2D eigenvalue weighted by atomic mass is 10.1. The zero-order valence-corrected chi connectivity index (χ0v) is 10.2. The van der Waals surface area contributed by atoms with Gasteiger partial charge in [0.25, 0.3) is 0 Å². The van der Waals surface area contributed by atoms with Crippen LogP contribution in [0.3, 0.4) is 0 Å². The average molecular weight is 232 g/mol. The second-order valence-corrected chi connectivity index (χ2v) is 4.91. The number of nitrogens with one attached hydrogen (secondary N) is 1. The van der Waals surface area contributed by atoms with E-state index < -0.39 is 0 Å². The highest BCUT2D eigenvalue weighted by molar-refractivity contribution is 5.77. The fourth-order valence-corrected chi connectivity index (χ4v) is 2.03. The summed E-state index contributed by atoms with van der Waals surface area (Å²) in [5.74, 6) is 0.633. The lowest BCUT2D eigenvalue weighted by molar-refractivity contribution is -0.122. The summed E-state index contributed by atoms with van der Waals surface area (Å²) in [6.45, 7) is 2.00. The lowest BCUT2D eigenvalue weighted by Crippen LogP contribution is -2.34. The number of benzene rings is 1. The maximum atomic E-state index is 11.8. The van der Waals surface area contributed by atoms with E-state index in [9.17, 15) is 4.79 Å². The summed E-state index contributed by atoms with van der Waals surface area (Å²) in [5, 5.41) is 2.99. The van der Waals surface area contributed by atoms with Gasteiger partial charge in [-0.05, 0) is 31.2 Å². The van der Waals surface area contributed by atoms with Gasteiger partial charge >= 0.3 is 0 Å². The van der Waals surface area contributed by atoms with Crippen LogP contribution in [0.2, 0.25) is 0 Å². The van der Waals surface area contributed by atoms with Crippen LogP contribution in [0.25, 0.3) is 0 Å². The molecule has 3 N–H and O–H groups in total. The third kappa shape index (κ3) is 3.56. The normalized spacial score (nSPS) is 18.5. The third-order valence-corrected chi connectivity index (χ3v) is 3.33. The summed E-state index contributed by atoms with van der Waals surface area (Å²) in [7, 11) is 0. The Bertz CT molecular complexity index is 373. The molecule has 1 amide bonds. The summed E-state index contributed by atoms with van der Waals surface area (Å²) < 4.78 is 0. The molecule has 0 saturated heterocycles. The van der Waals surface area contributed by atoms with Crippen molar-refractivity contribution in [3.63, 3.8) is 0 Å². The fraction of sp³-hybridized carbons (Fsp3) is 0.500. The van der Waals surface area contributed by atoms with Crippen molar-refractivity contribution >= 4 is 5.91 Å². The molecule has 0 aliphatic heterocycles. The maximum Gasteiger partial charge on any atom is 0.222 e. The van der Waals surface area contributed by atoms with Gasteiger partial charge in [0.05, 0.1) is 6.04 Å². The van der Waals surface area contributed by atoms with Gasteiger partial charge in [0.15, 0.2) is 0 Å². The van der Waals surface area contributed by atoms with Crippen molar-refractivity contribution in [1.82, 2.24) is 5.32 Å². The standard InChI is InChI=1S/C14H20N2O/c1-10(11-5-3-2-4-6-11)16-14(17)9-13(15)12-7-8-12/h2-6,10,12-13H,7-9,15H2,1H3,(H,16,17)/t10-,13?/m0/s1. The number of carbonyl (C=O) groups is 1. The zero-order chi connectivity index (χ0) is 12.3. The molecule has 0 heterocycles. The van der Waals surface area contributed by atoms with E-state index in [4.69, 9.17) is 5.73 Å². The van der Waals surface area contributed by atoms with Gasteiger partial charge < -0.3 is 11.1 Å². The molecule has 2 rings (SSSR count). The largest absolute Gasteiger partial charge is 0.350 e. The number of hydrogen-bond acceptors (Lipinski definition) is 2. The first-order valence-electron chi connectivity index (χ1n) is 6.26. The van der Waals surface area contributed by atoms with Gasteiger partial charge in [-0.25, -0.2) is 0 Å². The van der Waals surface area contributed by atoms with Crippen LogP contribution in [0.1, 0.15) is 37.8 Å². The topological polar surface area (TPSA) is 55.1 Å². The van der Waals surface area contributed by atoms with Crippen LogP contribution in [0, 0.1) is 5.92 Å². The molecule has 0 radical (unpaired) electrons. The van der Waals surface area contributed by atoms with E-state index in [-0.39, 0.29) is 18.0 Å². The first-order valence-corrected chi connectivity index (χ1v) is 6.26. The van der Waals surface area contributed by atoms with Gasteiger partial charge in [0.1, 0.15) is 0 Å². The molecule has 92 valence electrons. The molecule has 1 fully saturated rings. The Morgan fingerprint density at radius 3 is 2.65 bits per heavy atom. The molecule has 3 heteroatoms. The highest BCUT2D eigenvalue weighted by atomic mass is 16.1. The number of amides is 1. The molecule has 0 spiro atoms. The van der Waals surface area contributed by atoms with Crippen LogP contribution in [0.5, 0.6) is 0 Å². The van der Waals surface area contributed by atoms with E-state index in [0.717, 1.165) is 5.56 Å². The van der Waals surface area contributed by atoms with Crippen LogP contribution in [0.15, 0.2) is 30.3 Å². The molecule has 0 bridgehead atoms. The predicted molar refractivity (Wildman–Crippen MR) is 68.3 cm³/mol. The number of rotatable bonds is 5. The first kappa shape index (κ1) is 12.1. The fourth-order valence-electron chi connectivity index (χ4n) is 2.03. The molecule has 1 aromatic rings. The molecule has 3 nitrogen and oxygen atoms in total. The van der Waals surface area contributed by atoms with Crippen molar-refractivity contribution in [2.24, 2.45) is 11.7 Å². The number of nitrogens with two attached hydrogens (primary N) is 1. The van der Waals surface area contributed by atoms with Crippen LogP contribution < -0.4 is 11.1 Å². The zero-order valence-electron chi connectivity index (χ0n) is 10.2. The highest BCUT2D eigenvalue weighted by Gasteiger charge is 2.29. The number of carbonyl (C=O) groups excluding carboxylic acids is 1. The van der Waals surface area contributed by atoms with Gasteiger partial charge in [0.2, 0.25) is 5.91 Å². The van der Waals surface area contributed by atoms with Gasteiger partial charge in [-0.3, -0.25) is 4.79 Å². The molecular weight excluding hydrogens is 212 g/mol. The molecule has 17 heavy (non-hydrogen) atoms. The van der Waals surface area contributed by atoms with E-state index in [2.05, 4.69) is 5.32 Å². The second kappa shape index (κ2) is 5.32. The Balaban J connectivity index is 1.81. The summed E-state index contributed by atoms with van der Waals surface area (Å²) in [4.78, 5) is 11.8. The minimum atomic E-state index is 0.0398. The van der Waals surface area contributed by atoms with Crippen molar-refractivity contribution in [3.8, 4) is 0 Å². The van der Waals surface area contributed by atoms with Gasteiger partial charge in [0, 0.05) is 12.5 Å². The second-order valence-electron chi connectivity index (χ2n) is 4.91. The molecule has 1 aromatic carbocycles.